The van der Waals surface area contributed by atoms with Crippen molar-refractivity contribution >= 4 is 5.97 Å². The Labute approximate surface area is 100 Å². The second-order valence-electron chi connectivity index (χ2n) is 5.35. The summed E-state index contributed by atoms with van der Waals surface area (Å²) in [5.41, 5.74) is -1.34. The lowest BCUT2D eigenvalue weighted by atomic mass is 10.0. The van der Waals surface area contributed by atoms with E-state index in [-0.39, 0.29) is 5.97 Å². The smallest absolute Gasteiger partial charge is 0.311 e. The van der Waals surface area contributed by atoms with Crippen LogP contribution in [0.1, 0.15) is 33.0 Å². The summed E-state index contributed by atoms with van der Waals surface area (Å²) in [6.45, 7) is 5.44. The molecule has 0 N–H and O–H groups in total. The SMILES string of the molecule is CC(C)(C)OC(=O)C1CC1(C#N)c1ccco1. The van der Waals surface area contributed by atoms with Crippen molar-refractivity contribution in [3.05, 3.63) is 24.2 Å². The fourth-order valence-electron chi connectivity index (χ4n) is 1.90. The molecule has 90 valence electrons. The minimum Gasteiger partial charge on any atom is -0.468 e. The summed E-state index contributed by atoms with van der Waals surface area (Å²) in [6.07, 6.45) is 1.99. The number of hydrogen-bond donors (Lipinski definition) is 0. The van der Waals surface area contributed by atoms with Gasteiger partial charge in [-0.25, -0.2) is 0 Å². The number of furan rings is 1. The maximum atomic E-state index is 11.9. The highest BCUT2D eigenvalue weighted by molar-refractivity contribution is 5.80. The third-order valence-corrected chi connectivity index (χ3v) is 2.81. The van der Waals surface area contributed by atoms with E-state index in [0.29, 0.717) is 12.2 Å². The van der Waals surface area contributed by atoms with E-state index in [2.05, 4.69) is 6.07 Å². The molecule has 2 atom stereocenters. The number of nitrogens with zero attached hydrogens (tertiary/aromatic N) is 1. The van der Waals surface area contributed by atoms with Gasteiger partial charge in [0.25, 0.3) is 0 Å². The molecule has 1 saturated carbocycles. The van der Waals surface area contributed by atoms with Gasteiger partial charge in [-0.15, -0.1) is 0 Å². The van der Waals surface area contributed by atoms with Gasteiger partial charge < -0.3 is 9.15 Å². The Kier molecular flexibility index (Phi) is 2.50. The van der Waals surface area contributed by atoms with Crippen LogP contribution in [0, 0.1) is 17.2 Å². The summed E-state index contributed by atoms with van der Waals surface area (Å²) in [7, 11) is 0. The van der Waals surface area contributed by atoms with Gasteiger partial charge in [0.05, 0.1) is 18.3 Å². The Balaban J connectivity index is 2.13. The first kappa shape index (κ1) is 11.7. The molecule has 1 heterocycles. The monoisotopic (exact) mass is 233 g/mol. The zero-order valence-corrected chi connectivity index (χ0v) is 10.2. The molecule has 1 aliphatic carbocycles. The van der Waals surface area contributed by atoms with Gasteiger partial charge in [0, 0.05) is 0 Å². The number of hydrogen-bond acceptors (Lipinski definition) is 4. The maximum Gasteiger partial charge on any atom is 0.311 e. The fourth-order valence-corrected chi connectivity index (χ4v) is 1.90. The fraction of sp³-hybridized carbons (Fsp3) is 0.538. The van der Waals surface area contributed by atoms with Crippen molar-refractivity contribution in [3.8, 4) is 6.07 Å². The summed E-state index contributed by atoms with van der Waals surface area (Å²) in [4.78, 5) is 11.9. The van der Waals surface area contributed by atoms with Crippen LogP contribution in [-0.2, 0) is 14.9 Å². The van der Waals surface area contributed by atoms with E-state index in [1.54, 1.807) is 12.1 Å². The third-order valence-electron chi connectivity index (χ3n) is 2.81. The molecular weight excluding hydrogens is 218 g/mol. The van der Waals surface area contributed by atoms with E-state index in [1.807, 2.05) is 20.8 Å². The lowest BCUT2D eigenvalue weighted by Gasteiger charge is -2.19. The Hall–Kier alpha value is -1.76. The van der Waals surface area contributed by atoms with E-state index in [4.69, 9.17) is 9.15 Å². The molecule has 1 aliphatic rings. The quantitative estimate of drug-likeness (QED) is 0.736. The van der Waals surface area contributed by atoms with Gasteiger partial charge in [0.15, 0.2) is 0 Å². The molecule has 2 unspecified atom stereocenters. The number of nitriles is 1. The Morgan fingerprint density at radius 1 is 1.65 bits per heavy atom. The van der Waals surface area contributed by atoms with Crippen LogP contribution in [0.3, 0.4) is 0 Å². The number of carbonyl (C=O) groups is 1. The number of esters is 1. The first-order valence-electron chi connectivity index (χ1n) is 5.57. The number of ether oxygens (including phenoxy) is 1. The van der Waals surface area contributed by atoms with Gasteiger partial charge in [-0.2, -0.15) is 5.26 Å². The van der Waals surface area contributed by atoms with Crippen molar-refractivity contribution < 1.29 is 13.9 Å². The van der Waals surface area contributed by atoms with E-state index in [1.165, 1.54) is 6.26 Å². The molecule has 0 aromatic carbocycles. The average Bonchev–Trinajstić information content (AvgIpc) is 2.72. The Bertz CT molecular complexity index is 464. The second-order valence-corrected chi connectivity index (χ2v) is 5.35. The summed E-state index contributed by atoms with van der Waals surface area (Å²) < 4.78 is 10.5. The van der Waals surface area contributed by atoms with Crippen molar-refractivity contribution in [2.75, 3.05) is 0 Å². The highest BCUT2D eigenvalue weighted by Crippen LogP contribution is 2.54. The van der Waals surface area contributed by atoms with Crippen LogP contribution in [0.4, 0.5) is 0 Å². The zero-order valence-electron chi connectivity index (χ0n) is 10.2. The van der Waals surface area contributed by atoms with Gasteiger partial charge in [-0.3, -0.25) is 4.79 Å². The summed E-state index contributed by atoms with van der Waals surface area (Å²) in [5, 5.41) is 9.23. The molecule has 1 aromatic rings. The standard InChI is InChI=1S/C13H15NO3/c1-12(2,3)17-11(15)9-7-13(9,8-14)10-5-4-6-16-10/h4-6,9H,7H2,1-3H3. The van der Waals surface area contributed by atoms with Crippen LogP contribution >= 0.6 is 0 Å². The highest BCUT2D eigenvalue weighted by Gasteiger charge is 2.63. The van der Waals surface area contributed by atoms with Gasteiger partial charge in [0.1, 0.15) is 16.8 Å². The average molecular weight is 233 g/mol. The maximum absolute atomic E-state index is 11.9. The van der Waals surface area contributed by atoms with Crippen LogP contribution in [0.15, 0.2) is 22.8 Å². The normalized spacial score (nSPS) is 27.3. The molecule has 17 heavy (non-hydrogen) atoms. The van der Waals surface area contributed by atoms with Crippen LogP contribution in [-0.4, -0.2) is 11.6 Å². The predicted molar refractivity (Wildman–Crippen MR) is 60.0 cm³/mol. The summed E-state index contributed by atoms with van der Waals surface area (Å²) in [5.74, 6) is -0.177. The molecule has 0 amide bonds. The van der Waals surface area contributed by atoms with Gasteiger partial charge in [-0.1, -0.05) is 0 Å². The minimum absolute atomic E-state index is 0.324. The summed E-state index contributed by atoms with van der Waals surface area (Å²) >= 11 is 0. The lowest BCUT2D eigenvalue weighted by molar-refractivity contribution is -0.156. The van der Waals surface area contributed by atoms with Gasteiger partial charge in [-0.05, 0) is 39.3 Å². The molecule has 0 bridgehead atoms. The van der Waals surface area contributed by atoms with Crippen molar-refractivity contribution in [2.24, 2.45) is 5.92 Å². The molecule has 1 aromatic heterocycles. The minimum atomic E-state index is -0.814. The molecule has 0 radical (unpaired) electrons. The highest BCUT2D eigenvalue weighted by atomic mass is 16.6. The largest absolute Gasteiger partial charge is 0.468 e. The van der Waals surface area contributed by atoms with Crippen molar-refractivity contribution in [3.63, 3.8) is 0 Å². The van der Waals surface area contributed by atoms with Crippen molar-refractivity contribution in [1.29, 1.82) is 5.26 Å². The van der Waals surface area contributed by atoms with Crippen molar-refractivity contribution in [2.45, 2.75) is 38.2 Å². The first-order valence-corrected chi connectivity index (χ1v) is 5.57. The summed E-state index contributed by atoms with van der Waals surface area (Å²) in [6, 6.07) is 5.63. The van der Waals surface area contributed by atoms with Crippen LogP contribution in [0.2, 0.25) is 0 Å². The van der Waals surface area contributed by atoms with E-state index < -0.39 is 16.9 Å². The number of rotatable bonds is 2. The molecule has 0 saturated heterocycles. The van der Waals surface area contributed by atoms with Gasteiger partial charge >= 0.3 is 5.97 Å². The Morgan fingerprint density at radius 2 is 2.35 bits per heavy atom. The van der Waals surface area contributed by atoms with Crippen LogP contribution in [0.5, 0.6) is 0 Å². The van der Waals surface area contributed by atoms with Crippen LogP contribution < -0.4 is 0 Å². The van der Waals surface area contributed by atoms with Crippen molar-refractivity contribution in [1.82, 2.24) is 0 Å². The second kappa shape index (κ2) is 3.63. The molecule has 0 spiro atoms. The molecular formula is C13H15NO3. The molecule has 1 fully saturated rings. The Morgan fingerprint density at radius 3 is 2.82 bits per heavy atom. The molecule has 0 aliphatic heterocycles. The first-order chi connectivity index (χ1) is 7.89. The van der Waals surface area contributed by atoms with E-state index in [0.717, 1.165) is 0 Å². The molecule has 4 heteroatoms. The topological polar surface area (TPSA) is 63.2 Å². The third kappa shape index (κ3) is 2.05. The van der Waals surface area contributed by atoms with E-state index >= 15 is 0 Å². The van der Waals surface area contributed by atoms with E-state index in [9.17, 15) is 10.1 Å². The lowest BCUT2D eigenvalue weighted by Crippen LogP contribution is -2.26. The zero-order chi connectivity index (χ0) is 12.7. The van der Waals surface area contributed by atoms with Gasteiger partial charge in [0.2, 0.25) is 0 Å². The number of carbonyl (C=O) groups excluding carboxylic acids is 1. The molecule has 2 rings (SSSR count). The van der Waals surface area contributed by atoms with Crippen LogP contribution in [0.25, 0.3) is 0 Å². The predicted octanol–water partition coefficient (Wildman–Crippen LogP) is 2.40. The molecule has 4 nitrogen and oxygen atoms in total.